The van der Waals surface area contributed by atoms with Gasteiger partial charge in [0.2, 0.25) is 0 Å². The van der Waals surface area contributed by atoms with Crippen molar-refractivity contribution in [2.24, 2.45) is 17.2 Å². The fraction of sp³-hybridized carbons (Fsp3) is 0.226. The molecule has 3 aromatic carbocycles. The molecule has 0 aliphatic heterocycles. The van der Waals surface area contributed by atoms with E-state index in [1.807, 2.05) is 0 Å². The summed E-state index contributed by atoms with van der Waals surface area (Å²) in [6.07, 6.45) is 2.56. The minimum atomic E-state index is 0.623. The highest BCUT2D eigenvalue weighted by Crippen LogP contribution is 2.34. The van der Waals surface area contributed by atoms with E-state index in [2.05, 4.69) is 78.3 Å². The molecule has 0 spiro atoms. The maximum Gasteiger partial charge on any atom is 0.124 e. The Kier molecular flexibility index (Phi) is 8.42. The number of nitrogens with two attached hydrogens (primary N) is 3. The van der Waals surface area contributed by atoms with E-state index in [4.69, 9.17) is 27.2 Å². The Morgan fingerprint density at radius 3 is 1.55 bits per heavy atom. The number of rotatable bonds is 10. The standard InChI is InChI=1S/C31H33N5S2/c1-20-11-21(5-8-32)14-26(12-20)28-18-37-30(35-28)24-3-2-4-25(17-24)31-36-29(19-38-31)27-15-22(6-9-33)13-23(16-27)7-10-34/h2-4,11-19H,5-10,32-34H2,1H3. The summed E-state index contributed by atoms with van der Waals surface area (Å²) < 4.78 is 0. The van der Waals surface area contributed by atoms with Crippen molar-refractivity contribution in [2.75, 3.05) is 19.6 Å². The summed E-state index contributed by atoms with van der Waals surface area (Å²) in [6.45, 7) is 4.01. The van der Waals surface area contributed by atoms with E-state index in [1.54, 1.807) is 22.7 Å². The molecule has 0 saturated carbocycles. The van der Waals surface area contributed by atoms with Crippen LogP contribution in [0.15, 0.2) is 71.4 Å². The van der Waals surface area contributed by atoms with E-state index in [9.17, 15) is 0 Å². The van der Waals surface area contributed by atoms with Crippen LogP contribution >= 0.6 is 22.7 Å². The first-order valence-corrected chi connectivity index (χ1v) is 14.7. The maximum atomic E-state index is 5.83. The van der Waals surface area contributed by atoms with Gasteiger partial charge in [0.05, 0.1) is 11.4 Å². The molecule has 2 heterocycles. The third-order valence-electron chi connectivity index (χ3n) is 6.45. The molecule has 7 heteroatoms. The molecule has 5 nitrogen and oxygen atoms in total. The molecule has 0 saturated heterocycles. The van der Waals surface area contributed by atoms with Crippen LogP contribution in [0.1, 0.15) is 22.3 Å². The summed E-state index contributed by atoms with van der Waals surface area (Å²) in [5.41, 5.74) is 28.8. The average molecular weight is 540 g/mol. The van der Waals surface area contributed by atoms with Crippen LogP contribution in [-0.2, 0) is 19.3 Å². The highest BCUT2D eigenvalue weighted by atomic mass is 32.1. The van der Waals surface area contributed by atoms with Crippen LogP contribution < -0.4 is 17.2 Å². The maximum absolute atomic E-state index is 5.83. The minimum Gasteiger partial charge on any atom is -0.330 e. The van der Waals surface area contributed by atoms with Gasteiger partial charge in [-0.1, -0.05) is 35.9 Å². The molecule has 38 heavy (non-hydrogen) atoms. The lowest BCUT2D eigenvalue weighted by Gasteiger charge is -2.07. The first-order chi connectivity index (χ1) is 18.6. The molecule has 2 aromatic heterocycles. The predicted molar refractivity (Wildman–Crippen MR) is 163 cm³/mol. The summed E-state index contributed by atoms with van der Waals surface area (Å²) in [6, 6.07) is 21.7. The lowest BCUT2D eigenvalue weighted by molar-refractivity contribution is 0.941. The molecule has 194 valence electrons. The molecule has 0 unspecified atom stereocenters. The number of hydrogen-bond donors (Lipinski definition) is 3. The van der Waals surface area contributed by atoms with Gasteiger partial charge in [0.25, 0.3) is 0 Å². The second kappa shape index (κ2) is 12.1. The lowest BCUT2D eigenvalue weighted by atomic mass is 10.0. The van der Waals surface area contributed by atoms with Crippen molar-refractivity contribution in [3.63, 3.8) is 0 Å². The molecular weight excluding hydrogens is 507 g/mol. The van der Waals surface area contributed by atoms with Crippen LogP contribution in [0.5, 0.6) is 0 Å². The van der Waals surface area contributed by atoms with Gasteiger partial charge in [0.1, 0.15) is 10.0 Å². The van der Waals surface area contributed by atoms with Crippen molar-refractivity contribution >= 4 is 22.7 Å². The highest BCUT2D eigenvalue weighted by Gasteiger charge is 2.12. The van der Waals surface area contributed by atoms with Crippen LogP contribution in [-0.4, -0.2) is 29.6 Å². The van der Waals surface area contributed by atoms with Gasteiger partial charge in [-0.15, -0.1) is 22.7 Å². The summed E-state index contributed by atoms with van der Waals surface area (Å²) in [5, 5.41) is 6.26. The summed E-state index contributed by atoms with van der Waals surface area (Å²) in [7, 11) is 0. The first-order valence-electron chi connectivity index (χ1n) is 12.9. The minimum absolute atomic E-state index is 0.623. The fourth-order valence-electron chi connectivity index (χ4n) is 4.72. The van der Waals surface area contributed by atoms with Gasteiger partial charge in [0.15, 0.2) is 0 Å². The normalized spacial score (nSPS) is 11.3. The third kappa shape index (κ3) is 6.09. The van der Waals surface area contributed by atoms with Gasteiger partial charge in [-0.3, -0.25) is 0 Å². The molecule has 0 amide bonds. The second-order valence-corrected chi connectivity index (χ2v) is 11.2. The van der Waals surface area contributed by atoms with E-state index < -0.39 is 0 Å². The number of thiazole rings is 2. The van der Waals surface area contributed by atoms with Gasteiger partial charge in [-0.25, -0.2) is 9.97 Å². The molecule has 0 fully saturated rings. The number of benzene rings is 3. The Morgan fingerprint density at radius 2 is 1.05 bits per heavy atom. The van der Waals surface area contributed by atoms with E-state index >= 15 is 0 Å². The van der Waals surface area contributed by atoms with Gasteiger partial charge in [-0.2, -0.15) is 0 Å². The van der Waals surface area contributed by atoms with Crippen molar-refractivity contribution < 1.29 is 0 Å². The summed E-state index contributed by atoms with van der Waals surface area (Å²) in [4.78, 5) is 9.99. The summed E-state index contributed by atoms with van der Waals surface area (Å²) >= 11 is 3.33. The van der Waals surface area contributed by atoms with Crippen LogP contribution in [0.2, 0.25) is 0 Å². The van der Waals surface area contributed by atoms with Crippen LogP contribution in [0.3, 0.4) is 0 Å². The van der Waals surface area contributed by atoms with Crippen LogP contribution in [0.25, 0.3) is 43.7 Å². The van der Waals surface area contributed by atoms with Gasteiger partial charge >= 0.3 is 0 Å². The largest absolute Gasteiger partial charge is 0.330 e. The van der Waals surface area contributed by atoms with Gasteiger partial charge < -0.3 is 17.2 Å². The van der Waals surface area contributed by atoms with E-state index in [0.717, 1.165) is 62.9 Å². The Bertz CT molecular complexity index is 1510. The zero-order valence-corrected chi connectivity index (χ0v) is 23.2. The summed E-state index contributed by atoms with van der Waals surface area (Å²) in [5.74, 6) is 0. The molecule has 5 aromatic rings. The van der Waals surface area contributed by atoms with E-state index in [0.29, 0.717) is 19.6 Å². The first kappa shape index (κ1) is 26.4. The second-order valence-electron chi connectivity index (χ2n) is 9.52. The van der Waals surface area contributed by atoms with Crippen molar-refractivity contribution in [1.29, 1.82) is 0 Å². The average Bonchev–Trinajstić information content (AvgIpc) is 3.60. The smallest absolute Gasteiger partial charge is 0.124 e. The zero-order valence-electron chi connectivity index (χ0n) is 21.6. The molecule has 0 atom stereocenters. The Hall–Kier alpha value is -3.20. The lowest BCUT2D eigenvalue weighted by Crippen LogP contribution is -2.06. The molecule has 6 N–H and O–H groups in total. The number of aromatic nitrogens is 2. The molecule has 0 aliphatic carbocycles. The van der Waals surface area contributed by atoms with Crippen LogP contribution in [0.4, 0.5) is 0 Å². The Morgan fingerprint density at radius 1 is 0.579 bits per heavy atom. The van der Waals surface area contributed by atoms with Crippen molar-refractivity contribution in [3.05, 3.63) is 93.7 Å². The number of hydrogen-bond acceptors (Lipinski definition) is 7. The Labute approximate surface area is 232 Å². The third-order valence-corrected chi connectivity index (χ3v) is 8.23. The molecular formula is C31H33N5S2. The van der Waals surface area contributed by atoms with E-state index in [-0.39, 0.29) is 0 Å². The van der Waals surface area contributed by atoms with E-state index in [1.165, 1.54) is 22.3 Å². The van der Waals surface area contributed by atoms with Crippen molar-refractivity contribution in [2.45, 2.75) is 26.2 Å². The molecule has 0 radical (unpaired) electrons. The topological polar surface area (TPSA) is 104 Å². The van der Waals surface area contributed by atoms with Gasteiger partial charge in [0, 0.05) is 33.0 Å². The monoisotopic (exact) mass is 539 g/mol. The van der Waals surface area contributed by atoms with Crippen LogP contribution in [0, 0.1) is 6.92 Å². The van der Waals surface area contributed by atoms with Crippen molar-refractivity contribution in [1.82, 2.24) is 9.97 Å². The quantitative estimate of drug-likeness (QED) is 0.200. The zero-order chi connectivity index (χ0) is 26.5. The number of aryl methyl sites for hydroxylation is 1. The fourth-order valence-corrected chi connectivity index (χ4v) is 6.37. The Balaban J connectivity index is 1.42. The van der Waals surface area contributed by atoms with Crippen molar-refractivity contribution in [3.8, 4) is 43.7 Å². The predicted octanol–water partition coefficient (Wildman–Crippen LogP) is 6.08. The molecule has 0 bridgehead atoms. The molecule has 5 rings (SSSR count). The SMILES string of the molecule is Cc1cc(CCN)cc(-c2csc(-c3cccc(-c4nc(-c5cc(CCN)cc(CCN)c5)cs4)c3)n2)c1. The van der Waals surface area contributed by atoms with Gasteiger partial charge in [-0.05, 0) is 92.8 Å². The molecule has 0 aliphatic rings. The highest BCUT2D eigenvalue weighted by molar-refractivity contribution is 7.14. The number of nitrogens with zero attached hydrogens (tertiary/aromatic N) is 2.